The first-order valence-electron chi connectivity index (χ1n) is 14.7. The van der Waals surface area contributed by atoms with Crippen molar-refractivity contribution < 1.29 is 47.6 Å². The number of unbranched alkanes of at least 4 members (excludes halogenated alkanes) is 2. The van der Waals surface area contributed by atoms with Crippen molar-refractivity contribution in [3.05, 3.63) is 77.4 Å². The van der Waals surface area contributed by atoms with E-state index in [0.717, 1.165) is 54.7 Å². The van der Waals surface area contributed by atoms with Crippen LogP contribution in [0.1, 0.15) is 53.6 Å². The molecule has 0 saturated heterocycles. The van der Waals surface area contributed by atoms with Crippen molar-refractivity contribution in [1.29, 1.82) is 0 Å². The molecule has 0 radical (unpaired) electrons. The van der Waals surface area contributed by atoms with Gasteiger partial charge in [0.1, 0.15) is 11.0 Å². The lowest BCUT2D eigenvalue weighted by Crippen LogP contribution is -2.43. The number of aliphatic hydroxyl groups is 1. The Morgan fingerprint density at radius 2 is 1.78 bits per heavy atom. The number of hydrogen-bond acceptors (Lipinski definition) is 9. The van der Waals surface area contributed by atoms with E-state index in [1.807, 2.05) is 12.1 Å². The number of aliphatic hydroxyl groups excluding tert-OH is 1. The molecular weight excluding hydrogens is 604 g/mol. The minimum Gasteiger partial charge on any atom is -0.493 e. The van der Waals surface area contributed by atoms with Gasteiger partial charge in [0, 0.05) is 37.2 Å². The van der Waals surface area contributed by atoms with Crippen molar-refractivity contribution in [2.45, 2.75) is 61.2 Å². The van der Waals surface area contributed by atoms with Crippen LogP contribution in [0.15, 0.2) is 65.6 Å². The molecular formula is C32H36N2O10S. The quantitative estimate of drug-likeness (QED) is 0.209. The highest BCUT2D eigenvalue weighted by Gasteiger charge is 2.52. The standard InChI is InChI=1S/C28H32N2O6S.C4H4O4/c1-35-22-10-9-19-18-29(16-13-28-12-11-20(31)17-24(28)36-26(22)25(19)28)14-5-2-6-15-30-27(32)21-7-3-4-8-23(21)37(30,33)34;5-3(6)1-2-4(7)8/h3-4,7-12,20,24,31H,2,5-6,13-18H2,1H3;1-2H,(H,5,6)(H,7,8)/b;2-1+/t20-,24+,28+;/m0./s1. The fourth-order valence-electron chi connectivity index (χ4n) is 6.55. The molecule has 1 aliphatic carbocycles. The van der Waals surface area contributed by atoms with Crippen LogP contribution >= 0.6 is 0 Å². The number of nitrogens with zero attached hydrogens (tertiary/aromatic N) is 2. The van der Waals surface area contributed by atoms with E-state index in [1.165, 1.54) is 17.2 Å². The Labute approximate surface area is 261 Å². The number of ether oxygens (including phenoxy) is 2. The Kier molecular flexibility index (Phi) is 9.33. The molecule has 13 heteroatoms. The monoisotopic (exact) mass is 640 g/mol. The number of carbonyl (C=O) groups excluding carboxylic acids is 1. The molecule has 1 amide bonds. The summed E-state index contributed by atoms with van der Waals surface area (Å²) in [6, 6.07) is 10.5. The zero-order valence-corrected chi connectivity index (χ0v) is 25.6. The molecule has 0 unspecified atom stereocenters. The number of carbonyl (C=O) groups is 3. The maximum Gasteiger partial charge on any atom is 0.328 e. The van der Waals surface area contributed by atoms with Gasteiger partial charge in [0.15, 0.2) is 11.5 Å². The smallest absolute Gasteiger partial charge is 0.328 e. The Morgan fingerprint density at radius 1 is 1.07 bits per heavy atom. The summed E-state index contributed by atoms with van der Waals surface area (Å²) in [5, 5.41) is 25.9. The lowest BCUT2D eigenvalue weighted by Gasteiger charge is -2.36. The number of hydrogen-bond donors (Lipinski definition) is 3. The fourth-order valence-corrected chi connectivity index (χ4v) is 8.16. The van der Waals surface area contributed by atoms with Gasteiger partial charge in [-0.25, -0.2) is 22.3 Å². The van der Waals surface area contributed by atoms with Crippen LogP contribution in [0.25, 0.3) is 0 Å². The highest BCUT2D eigenvalue weighted by Crippen LogP contribution is 2.55. The third-order valence-electron chi connectivity index (χ3n) is 8.65. The van der Waals surface area contributed by atoms with Crippen molar-refractivity contribution in [3.8, 4) is 11.5 Å². The third kappa shape index (κ3) is 6.33. The number of carboxylic acid groups (broad SMARTS) is 2. The summed E-state index contributed by atoms with van der Waals surface area (Å²) in [6.45, 7) is 2.78. The van der Waals surface area contributed by atoms with Gasteiger partial charge in [0.2, 0.25) is 0 Å². The van der Waals surface area contributed by atoms with Crippen molar-refractivity contribution in [1.82, 2.24) is 9.21 Å². The molecule has 0 bridgehead atoms. The molecule has 12 nitrogen and oxygen atoms in total. The van der Waals surface area contributed by atoms with E-state index >= 15 is 0 Å². The minimum atomic E-state index is -3.74. The van der Waals surface area contributed by atoms with Gasteiger partial charge in [0.05, 0.1) is 24.2 Å². The fraction of sp³-hybridized carbons (Fsp3) is 0.406. The van der Waals surface area contributed by atoms with Crippen LogP contribution in [0, 0.1) is 0 Å². The predicted molar refractivity (Wildman–Crippen MR) is 162 cm³/mol. The first-order chi connectivity index (χ1) is 21.5. The zero-order chi connectivity index (χ0) is 32.4. The summed E-state index contributed by atoms with van der Waals surface area (Å²) in [5.74, 6) is -1.39. The second-order valence-electron chi connectivity index (χ2n) is 11.4. The lowest BCUT2D eigenvalue weighted by molar-refractivity contribution is -0.134. The number of methoxy groups -OCH3 is 1. The minimum absolute atomic E-state index is 0.110. The van der Waals surface area contributed by atoms with Gasteiger partial charge < -0.3 is 24.8 Å². The number of aliphatic carboxylic acids is 2. The van der Waals surface area contributed by atoms with Crippen molar-refractivity contribution in [2.24, 2.45) is 0 Å². The first kappa shape index (κ1) is 32.2. The molecule has 3 aliphatic heterocycles. The van der Waals surface area contributed by atoms with Gasteiger partial charge in [-0.1, -0.05) is 36.8 Å². The van der Waals surface area contributed by atoms with Crippen LogP contribution in [-0.4, -0.2) is 89.7 Å². The number of sulfonamides is 1. The van der Waals surface area contributed by atoms with E-state index < -0.39 is 34.0 Å². The van der Waals surface area contributed by atoms with Gasteiger partial charge in [-0.3, -0.25) is 9.69 Å². The number of rotatable bonds is 9. The Balaban J connectivity index is 0.000000444. The van der Waals surface area contributed by atoms with Crippen LogP contribution < -0.4 is 9.47 Å². The summed E-state index contributed by atoms with van der Waals surface area (Å²) in [5.41, 5.74) is 2.43. The molecule has 0 aromatic heterocycles. The van der Waals surface area contributed by atoms with Crippen LogP contribution in [0.2, 0.25) is 0 Å². The second-order valence-corrected chi connectivity index (χ2v) is 13.2. The normalized spacial score (nSPS) is 24.1. The Morgan fingerprint density at radius 3 is 2.47 bits per heavy atom. The first-order valence-corrected chi connectivity index (χ1v) is 16.2. The number of benzene rings is 2. The lowest BCUT2D eigenvalue weighted by atomic mass is 9.69. The maximum absolute atomic E-state index is 12.8. The zero-order valence-electron chi connectivity index (χ0n) is 24.8. The number of carboxylic acids is 2. The van der Waals surface area contributed by atoms with Crippen LogP contribution in [0.3, 0.4) is 0 Å². The summed E-state index contributed by atoms with van der Waals surface area (Å²) in [7, 11) is -2.08. The molecule has 1 spiro atoms. The summed E-state index contributed by atoms with van der Waals surface area (Å²) in [4.78, 5) is 34.3. The Bertz CT molecular complexity index is 1640. The van der Waals surface area contributed by atoms with Crippen molar-refractivity contribution >= 4 is 27.9 Å². The maximum atomic E-state index is 12.8. The highest BCUT2D eigenvalue weighted by molar-refractivity contribution is 7.90. The van der Waals surface area contributed by atoms with Crippen molar-refractivity contribution in [3.63, 3.8) is 0 Å². The SMILES string of the molecule is COc1ccc2c3c1O[C@@H]1C[C@@H](O)C=C[C@]31CCN(CCCCCN1C(=O)c3ccccc3S1(=O)=O)C2.O=C(O)/C=C/C(=O)O. The molecule has 4 aliphatic rings. The molecule has 45 heavy (non-hydrogen) atoms. The van der Waals surface area contributed by atoms with Gasteiger partial charge in [-0.05, 0) is 56.1 Å². The van der Waals surface area contributed by atoms with Gasteiger partial charge in [-0.15, -0.1) is 0 Å². The molecule has 2 aromatic rings. The van der Waals surface area contributed by atoms with Gasteiger partial charge in [0.25, 0.3) is 15.9 Å². The number of amides is 1. The topological polar surface area (TPSA) is 171 Å². The van der Waals surface area contributed by atoms with Crippen LogP contribution in [0.5, 0.6) is 11.5 Å². The second kappa shape index (κ2) is 13.0. The number of fused-ring (bicyclic) bond motifs is 1. The molecule has 240 valence electrons. The predicted octanol–water partition coefficient (Wildman–Crippen LogP) is 2.95. The average Bonchev–Trinajstić information content (AvgIpc) is 3.36. The molecule has 0 fully saturated rings. The molecule has 6 rings (SSSR count). The summed E-state index contributed by atoms with van der Waals surface area (Å²) >= 11 is 0. The van der Waals surface area contributed by atoms with Crippen LogP contribution in [0.4, 0.5) is 0 Å². The van der Waals surface area contributed by atoms with E-state index in [0.29, 0.717) is 25.0 Å². The largest absolute Gasteiger partial charge is 0.493 e. The molecule has 3 N–H and O–H groups in total. The van der Waals surface area contributed by atoms with E-state index in [-0.39, 0.29) is 28.5 Å². The molecule has 3 atom stereocenters. The van der Waals surface area contributed by atoms with Crippen molar-refractivity contribution in [2.75, 3.05) is 26.7 Å². The van der Waals surface area contributed by atoms with E-state index in [4.69, 9.17) is 19.7 Å². The molecule has 2 aromatic carbocycles. The Hall–Kier alpha value is -4.20. The van der Waals surface area contributed by atoms with E-state index in [2.05, 4.69) is 17.0 Å². The molecule has 3 heterocycles. The summed E-state index contributed by atoms with van der Waals surface area (Å²) < 4.78 is 38.5. The molecule has 0 saturated carbocycles. The van der Waals surface area contributed by atoms with Crippen LogP contribution in [-0.2, 0) is 31.6 Å². The van der Waals surface area contributed by atoms with E-state index in [1.54, 1.807) is 25.3 Å². The summed E-state index contributed by atoms with van der Waals surface area (Å²) in [6.07, 6.45) is 8.39. The van der Waals surface area contributed by atoms with Gasteiger partial charge >= 0.3 is 11.9 Å². The average molecular weight is 641 g/mol. The van der Waals surface area contributed by atoms with E-state index in [9.17, 15) is 27.9 Å². The third-order valence-corrected chi connectivity index (χ3v) is 10.5. The highest BCUT2D eigenvalue weighted by atomic mass is 32.2. The van der Waals surface area contributed by atoms with Gasteiger partial charge in [-0.2, -0.15) is 0 Å².